The molecule has 0 heterocycles. The van der Waals surface area contributed by atoms with Gasteiger partial charge in [0, 0.05) is 12.8 Å². The number of aryl methyl sites for hydroxylation is 2. The van der Waals surface area contributed by atoms with Gasteiger partial charge in [-0.2, -0.15) is 0 Å². The normalized spacial score (nSPS) is 10.1. The van der Waals surface area contributed by atoms with Crippen LogP contribution in [0, 0.1) is 13.8 Å². The third kappa shape index (κ3) is 9.79. The molecule has 0 aromatic heterocycles. The van der Waals surface area contributed by atoms with Crippen molar-refractivity contribution >= 4 is 55.5 Å². The van der Waals surface area contributed by atoms with Crippen molar-refractivity contribution < 1.29 is 28.7 Å². The lowest BCUT2D eigenvalue weighted by molar-refractivity contribution is -0.132. The van der Waals surface area contributed by atoms with Crippen LogP contribution in [0.3, 0.4) is 0 Å². The number of hydrogen-bond acceptors (Lipinski definition) is 6. The van der Waals surface area contributed by atoms with Gasteiger partial charge in [-0.3, -0.25) is 40.9 Å². The van der Waals surface area contributed by atoms with Crippen molar-refractivity contribution in [1.82, 2.24) is 21.7 Å². The minimum Gasteiger partial charge on any atom is -0.483 e. The molecule has 0 unspecified atom stereocenters. The number of hydrogen-bond donors (Lipinski definition) is 4. The van der Waals surface area contributed by atoms with Gasteiger partial charge in [-0.1, -0.05) is 12.1 Å². The number of carbonyl (C=O) groups is 4. The molecule has 2 rings (SSSR count). The SMILES string of the molecule is Cc1ccc(OCC(=O)NNC(=O)CCC(=O)NNC(=O)COc2ccc(C)cc2Br)c(Br)c1. The molecule has 0 fully saturated rings. The van der Waals surface area contributed by atoms with Gasteiger partial charge >= 0.3 is 0 Å². The van der Waals surface area contributed by atoms with E-state index in [1.54, 1.807) is 12.1 Å². The molecule has 2 aromatic rings. The fourth-order valence-electron chi connectivity index (χ4n) is 2.44. The highest BCUT2D eigenvalue weighted by molar-refractivity contribution is 9.10. The summed E-state index contributed by atoms with van der Waals surface area (Å²) in [5.74, 6) is -1.33. The number of halogens is 2. The van der Waals surface area contributed by atoms with Crippen LogP contribution in [0.5, 0.6) is 11.5 Å². The molecule has 0 aliphatic heterocycles. The van der Waals surface area contributed by atoms with Crippen molar-refractivity contribution in [2.24, 2.45) is 0 Å². The van der Waals surface area contributed by atoms with Gasteiger partial charge in [-0.15, -0.1) is 0 Å². The summed E-state index contributed by atoms with van der Waals surface area (Å²) in [6.07, 6.45) is -0.418. The molecular weight excluding hydrogens is 576 g/mol. The molecule has 0 saturated carbocycles. The molecule has 12 heteroatoms. The van der Waals surface area contributed by atoms with Gasteiger partial charge in [-0.05, 0) is 81.1 Å². The first-order valence-electron chi connectivity index (χ1n) is 10.1. The maximum absolute atomic E-state index is 11.8. The molecular formula is C22H24Br2N4O6. The predicted octanol–water partition coefficient (Wildman–Crippen LogP) is 2.36. The molecule has 2 aromatic carbocycles. The molecule has 0 atom stereocenters. The zero-order valence-corrected chi connectivity index (χ0v) is 21.7. The monoisotopic (exact) mass is 598 g/mol. The largest absolute Gasteiger partial charge is 0.483 e. The predicted molar refractivity (Wildman–Crippen MR) is 131 cm³/mol. The molecule has 4 amide bonds. The molecule has 182 valence electrons. The Balaban J connectivity index is 1.58. The van der Waals surface area contributed by atoms with Crippen molar-refractivity contribution in [2.45, 2.75) is 26.7 Å². The first-order valence-corrected chi connectivity index (χ1v) is 11.7. The summed E-state index contributed by atoms with van der Waals surface area (Å²) < 4.78 is 12.2. The van der Waals surface area contributed by atoms with E-state index in [9.17, 15) is 19.2 Å². The summed E-state index contributed by atoms with van der Waals surface area (Å²) in [5.41, 5.74) is 10.8. The van der Waals surface area contributed by atoms with E-state index in [1.807, 2.05) is 38.1 Å². The molecule has 34 heavy (non-hydrogen) atoms. The Morgan fingerprint density at radius 2 is 1.00 bits per heavy atom. The Morgan fingerprint density at radius 3 is 1.35 bits per heavy atom. The number of ether oxygens (including phenoxy) is 2. The number of rotatable bonds is 9. The summed E-state index contributed by atoms with van der Waals surface area (Å²) in [7, 11) is 0. The summed E-state index contributed by atoms with van der Waals surface area (Å²) in [5, 5.41) is 0. The third-order valence-electron chi connectivity index (χ3n) is 4.15. The fraction of sp³-hybridized carbons (Fsp3) is 0.273. The molecule has 4 N–H and O–H groups in total. The molecule has 0 saturated heterocycles. The van der Waals surface area contributed by atoms with E-state index < -0.39 is 23.6 Å². The molecule has 0 bridgehead atoms. The summed E-state index contributed by atoms with van der Waals surface area (Å²) in [6.45, 7) is 3.22. The second kappa shape index (κ2) is 13.6. The van der Waals surface area contributed by atoms with E-state index in [1.165, 1.54) is 0 Å². The van der Waals surface area contributed by atoms with Gasteiger partial charge in [0.05, 0.1) is 8.95 Å². The first kappa shape index (κ1) is 27.1. The van der Waals surface area contributed by atoms with Crippen LogP contribution in [-0.2, 0) is 19.2 Å². The summed E-state index contributed by atoms with van der Waals surface area (Å²) >= 11 is 6.68. The summed E-state index contributed by atoms with van der Waals surface area (Å²) in [6, 6.07) is 10.8. The van der Waals surface area contributed by atoms with Crippen LogP contribution >= 0.6 is 31.9 Å². The molecule has 0 aliphatic carbocycles. The topological polar surface area (TPSA) is 135 Å². The molecule has 0 radical (unpaired) electrons. The lowest BCUT2D eigenvalue weighted by Crippen LogP contribution is -2.45. The van der Waals surface area contributed by atoms with Crippen molar-refractivity contribution in [1.29, 1.82) is 0 Å². The highest BCUT2D eigenvalue weighted by Gasteiger charge is 2.11. The number of carbonyl (C=O) groups excluding carboxylic acids is 4. The van der Waals surface area contributed by atoms with Crippen molar-refractivity contribution in [3.63, 3.8) is 0 Å². The molecule has 0 spiro atoms. The van der Waals surface area contributed by atoms with E-state index in [0.717, 1.165) is 11.1 Å². The van der Waals surface area contributed by atoms with E-state index >= 15 is 0 Å². The minimum absolute atomic E-state index is 0.209. The van der Waals surface area contributed by atoms with E-state index in [0.29, 0.717) is 20.4 Å². The second-order valence-electron chi connectivity index (χ2n) is 7.14. The van der Waals surface area contributed by atoms with Gasteiger partial charge in [-0.25, -0.2) is 0 Å². The van der Waals surface area contributed by atoms with Crippen LogP contribution in [0.4, 0.5) is 0 Å². The highest BCUT2D eigenvalue weighted by Crippen LogP contribution is 2.26. The van der Waals surface area contributed by atoms with Crippen molar-refractivity contribution in [2.75, 3.05) is 13.2 Å². The molecule has 0 aliphatic rings. The minimum atomic E-state index is -0.584. The smallest absolute Gasteiger partial charge is 0.276 e. The average molecular weight is 600 g/mol. The summed E-state index contributed by atoms with van der Waals surface area (Å²) in [4.78, 5) is 47.2. The van der Waals surface area contributed by atoms with Crippen LogP contribution in [0.1, 0.15) is 24.0 Å². The standard InChI is InChI=1S/C22H24Br2N4O6/c1-13-3-5-17(15(23)9-13)33-11-21(31)27-25-19(29)7-8-20(30)26-28-22(32)12-34-18-6-4-14(2)10-16(18)24/h3-6,9-10H,7-8,11-12H2,1-2H3,(H,25,29)(H,26,30)(H,27,31)(H,28,32). The van der Waals surface area contributed by atoms with E-state index in [-0.39, 0.29) is 26.1 Å². The Kier molecular flexibility index (Phi) is 10.8. The number of amides is 4. The van der Waals surface area contributed by atoms with Crippen molar-refractivity contribution in [3.05, 3.63) is 56.5 Å². The van der Waals surface area contributed by atoms with Crippen LogP contribution in [0.15, 0.2) is 45.3 Å². The van der Waals surface area contributed by atoms with E-state index in [4.69, 9.17) is 9.47 Å². The molecule has 10 nitrogen and oxygen atoms in total. The Morgan fingerprint density at radius 1 is 0.647 bits per heavy atom. The zero-order valence-electron chi connectivity index (χ0n) is 18.5. The third-order valence-corrected chi connectivity index (χ3v) is 5.39. The number of nitrogens with one attached hydrogen (secondary N) is 4. The Bertz CT molecular complexity index is 980. The lowest BCUT2D eigenvalue weighted by atomic mass is 10.2. The average Bonchev–Trinajstić information content (AvgIpc) is 2.78. The quantitative estimate of drug-likeness (QED) is 0.327. The fourth-order valence-corrected chi connectivity index (χ4v) is 3.65. The maximum atomic E-state index is 11.8. The Hall–Kier alpha value is -3.12. The van der Waals surface area contributed by atoms with Crippen LogP contribution in [-0.4, -0.2) is 36.8 Å². The van der Waals surface area contributed by atoms with Gasteiger partial charge < -0.3 is 9.47 Å². The zero-order chi connectivity index (χ0) is 25.1. The van der Waals surface area contributed by atoms with Crippen LogP contribution in [0.2, 0.25) is 0 Å². The highest BCUT2D eigenvalue weighted by atomic mass is 79.9. The Labute approximate surface area is 213 Å². The van der Waals surface area contributed by atoms with E-state index in [2.05, 4.69) is 53.6 Å². The van der Waals surface area contributed by atoms with Crippen molar-refractivity contribution in [3.8, 4) is 11.5 Å². The maximum Gasteiger partial charge on any atom is 0.276 e. The second-order valence-corrected chi connectivity index (χ2v) is 8.85. The van der Waals surface area contributed by atoms with Crippen LogP contribution < -0.4 is 31.2 Å². The van der Waals surface area contributed by atoms with Gasteiger partial charge in [0.15, 0.2) is 13.2 Å². The number of benzene rings is 2. The van der Waals surface area contributed by atoms with Crippen LogP contribution in [0.25, 0.3) is 0 Å². The van der Waals surface area contributed by atoms with Gasteiger partial charge in [0.2, 0.25) is 11.8 Å². The van der Waals surface area contributed by atoms with Gasteiger partial charge in [0.25, 0.3) is 11.8 Å². The lowest BCUT2D eigenvalue weighted by Gasteiger charge is -2.11. The number of hydrazine groups is 2. The van der Waals surface area contributed by atoms with Gasteiger partial charge in [0.1, 0.15) is 11.5 Å². The first-order chi connectivity index (χ1) is 16.1.